The fraction of sp³-hybridized carbons (Fsp3) is 0.894. The first-order valence-corrected chi connectivity index (χ1v) is 23.6. The number of aliphatic hydroxyl groups is 5. The van der Waals surface area contributed by atoms with Crippen molar-refractivity contribution in [2.24, 2.45) is 0 Å². The lowest BCUT2D eigenvalue weighted by molar-refractivity contribution is -0.302. The number of rotatable bonds is 39. The first-order chi connectivity index (χ1) is 27.3. The van der Waals surface area contributed by atoms with Gasteiger partial charge in [0.25, 0.3) is 0 Å². The van der Waals surface area contributed by atoms with E-state index in [4.69, 9.17) is 9.47 Å². The van der Waals surface area contributed by atoms with Crippen LogP contribution >= 0.6 is 0 Å². The maximum Gasteiger partial charge on any atom is 0.220 e. The Balaban J connectivity index is 2.32. The zero-order chi connectivity index (χ0) is 40.9. The maximum atomic E-state index is 12.9. The summed E-state index contributed by atoms with van der Waals surface area (Å²) in [6.45, 7) is 3.75. The van der Waals surface area contributed by atoms with E-state index >= 15 is 0 Å². The summed E-state index contributed by atoms with van der Waals surface area (Å²) in [5, 5.41) is 54.1. The van der Waals surface area contributed by atoms with Crippen LogP contribution < -0.4 is 5.32 Å². The largest absolute Gasteiger partial charge is 0.394 e. The van der Waals surface area contributed by atoms with Crippen molar-refractivity contribution in [3.05, 3.63) is 24.3 Å². The van der Waals surface area contributed by atoms with E-state index < -0.39 is 49.5 Å². The maximum absolute atomic E-state index is 12.9. The molecule has 9 nitrogen and oxygen atoms in total. The standard InChI is InChI=1S/C47H89NO8/c1-3-5-7-9-11-13-15-17-18-19-20-21-22-23-25-27-29-31-33-35-37-43(51)48-40(39-55-47-46(54)45(53)44(52)42(38-49)56-47)41(50)36-34-32-30-28-26-24-16-14-12-10-8-6-4-2/h28,30,34,36,40-42,44-47,49-50,52-54H,3-27,29,31-33,35,37-39H2,1-2H3,(H,48,51)/b30-28?,36-34+/t40-,41+,42+,44+,45-,46+,47+/m0/s1. The third-order valence-corrected chi connectivity index (χ3v) is 11.3. The smallest absolute Gasteiger partial charge is 0.220 e. The SMILES string of the molecule is CCCCCCCCCCC=CC/C=C/[C@@H](O)[C@H](CO[C@@H]1O[C@H](CO)[C@@H](O)[C@H](O)[C@H]1O)NC(=O)CCCCCCCCCCCCCCCCCCCCCC. The highest BCUT2D eigenvalue weighted by Gasteiger charge is 2.44. The van der Waals surface area contributed by atoms with Gasteiger partial charge >= 0.3 is 0 Å². The second-order valence-corrected chi connectivity index (χ2v) is 16.6. The van der Waals surface area contributed by atoms with Gasteiger partial charge in [-0.3, -0.25) is 4.79 Å². The molecule has 0 aromatic rings. The summed E-state index contributed by atoms with van der Waals surface area (Å²) in [5.74, 6) is -0.187. The molecule has 0 unspecified atom stereocenters. The molecular weight excluding hydrogens is 707 g/mol. The predicted octanol–water partition coefficient (Wildman–Crippen LogP) is 9.89. The van der Waals surface area contributed by atoms with Crippen LogP contribution in [-0.2, 0) is 14.3 Å². The zero-order valence-electron chi connectivity index (χ0n) is 36.1. The van der Waals surface area contributed by atoms with Gasteiger partial charge in [-0.15, -0.1) is 0 Å². The van der Waals surface area contributed by atoms with Crippen molar-refractivity contribution >= 4 is 5.91 Å². The van der Waals surface area contributed by atoms with Crippen molar-refractivity contribution in [2.75, 3.05) is 13.2 Å². The second-order valence-electron chi connectivity index (χ2n) is 16.6. The van der Waals surface area contributed by atoms with Crippen LogP contribution in [-0.4, -0.2) is 87.5 Å². The fourth-order valence-electron chi connectivity index (χ4n) is 7.49. The number of carbonyl (C=O) groups excluding carboxylic acids is 1. The van der Waals surface area contributed by atoms with Crippen LogP contribution in [0.2, 0.25) is 0 Å². The van der Waals surface area contributed by atoms with Crippen LogP contribution in [0.1, 0.15) is 213 Å². The van der Waals surface area contributed by atoms with Crippen molar-refractivity contribution in [3.8, 4) is 0 Å². The lowest BCUT2D eigenvalue weighted by Gasteiger charge is -2.40. The highest BCUT2D eigenvalue weighted by Crippen LogP contribution is 2.23. The molecule has 0 spiro atoms. The summed E-state index contributed by atoms with van der Waals surface area (Å²) in [6.07, 6.45) is 38.0. The molecule has 0 bridgehead atoms. The minimum atomic E-state index is -1.57. The number of hydrogen-bond donors (Lipinski definition) is 6. The number of allylic oxidation sites excluding steroid dienone is 3. The van der Waals surface area contributed by atoms with Crippen LogP contribution in [0.3, 0.4) is 0 Å². The van der Waals surface area contributed by atoms with Gasteiger partial charge in [0.2, 0.25) is 5.91 Å². The summed E-state index contributed by atoms with van der Waals surface area (Å²) in [7, 11) is 0. The Bertz CT molecular complexity index is 930. The first kappa shape index (κ1) is 52.7. The van der Waals surface area contributed by atoms with Gasteiger partial charge in [0.15, 0.2) is 6.29 Å². The molecule has 56 heavy (non-hydrogen) atoms. The highest BCUT2D eigenvalue weighted by molar-refractivity contribution is 5.76. The predicted molar refractivity (Wildman–Crippen MR) is 230 cm³/mol. The molecule has 1 aliphatic heterocycles. The molecule has 1 amide bonds. The van der Waals surface area contributed by atoms with Gasteiger partial charge in [0.05, 0.1) is 25.4 Å². The van der Waals surface area contributed by atoms with Crippen molar-refractivity contribution in [1.29, 1.82) is 0 Å². The third kappa shape index (κ3) is 28.2. The monoisotopic (exact) mass is 796 g/mol. The van der Waals surface area contributed by atoms with Crippen LogP contribution in [0.15, 0.2) is 24.3 Å². The van der Waals surface area contributed by atoms with Crippen molar-refractivity contribution in [1.82, 2.24) is 5.32 Å². The molecule has 0 radical (unpaired) electrons. The van der Waals surface area contributed by atoms with E-state index in [0.29, 0.717) is 12.8 Å². The van der Waals surface area contributed by atoms with E-state index in [1.807, 2.05) is 6.08 Å². The molecule has 1 rings (SSSR count). The van der Waals surface area contributed by atoms with E-state index in [9.17, 15) is 30.3 Å². The quantitative estimate of drug-likeness (QED) is 0.0266. The molecule has 0 aromatic heterocycles. The molecule has 1 heterocycles. The lowest BCUT2D eigenvalue weighted by Crippen LogP contribution is -2.60. The first-order valence-electron chi connectivity index (χ1n) is 23.6. The fourth-order valence-corrected chi connectivity index (χ4v) is 7.49. The van der Waals surface area contributed by atoms with Gasteiger partial charge in [-0.25, -0.2) is 0 Å². The Morgan fingerprint density at radius 3 is 1.52 bits per heavy atom. The van der Waals surface area contributed by atoms with Crippen LogP contribution in [0.5, 0.6) is 0 Å². The number of aliphatic hydroxyl groups excluding tert-OH is 5. The molecular formula is C47H89NO8. The lowest BCUT2D eigenvalue weighted by atomic mass is 9.99. The molecule has 1 aliphatic rings. The van der Waals surface area contributed by atoms with Crippen LogP contribution in [0, 0.1) is 0 Å². The van der Waals surface area contributed by atoms with E-state index in [2.05, 4.69) is 31.3 Å². The number of nitrogens with one attached hydrogen (secondary N) is 1. The van der Waals surface area contributed by atoms with Crippen LogP contribution in [0.25, 0.3) is 0 Å². The molecule has 1 fully saturated rings. The third-order valence-electron chi connectivity index (χ3n) is 11.3. The van der Waals surface area contributed by atoms with E-state index in [-0.39, 0.29) is 12.5 Å². The number of unbranched alkanes of at least 4 members (excludes halogenated alkanes) is 27. The van der Waals surface area contributed by atoms with Gasteiger partial charge in [-0.05, 0) is 25.7 Å². The molecule has 0 aromatic carbocycles. The summed E-state index contributed by atoms with van der Waals surface area (Å²) in [6, 6.07) is -0.822. The summed E-state index contributed by atoms with van der Waals surface area (Å²) in [5.41, 5.74) is 0. The van der Waals surface area contributed by atoms with Gasteiger partial charge in [0.1, 0.15) is 24.4 Å². The summed E-state index contributed by atoms with van der Waals surface area (Å²) < 4.78 is 11.2. The van der Waals surface area contributed by atoms with Crippen molar-refractivity contribution < 1.29 is 39.8 Å². The van der Waals surface area contributed by atoms with E-state index in [0.717, 1.165) is 25.7 Å². The molecule has 0 aliphatic carbocycles. The molecule has 1 saturated heterocycles. The zero-order valence-corrected chi connectivity index (χ0v) is 36.1. The second kappa shape index (κ2) is 37.9. The Kier molecular flexibility index (Phi) is 35.7. The molecule has 330 valence electrons. The number of amides is 1. The van der Waals surface area contributed by atoms with Gasteiger partial charge in [-0.1, -0.05) is 205 Å². The van der Waals surface area contributed by atoms with E-state index in [1.165, 1.54) is 161 Å². The Labute approximate surface area is 343 Å². The molecule has 9 heteroatoms. The van der Waals surface area contributed by atoms with Gasteiger partial charge in [0, 0.05) is 6.42 Å². The van der Waals surface area contributed by atoms with E-state index in [1.54, 1.807) is 6.08 Å². The topological polar surface area (TPSA) is 149 Å². The Morgan fingerprint density at radius 1 is 0.607 bits per heavy atom. The Morgan fingerprint density at radius 2 is 1.05 bits per heavy atom. The van der Waals surface area contributed by atoms with Crippen molar-refractivity contribution in [3.63, 3.8) is 0 Å². The molecule has 7 atom stereocenters. The van der Waals surface area contributed by atoms with Crippen molar-refractivity contribution in [2.45, 2.75) is 256 Å². The van der Waals surface area contributed by atoms with Gasteiger partial charge in [-0.2, -0.15) is 0 Å². The average Bonchev–Trinajstić information content (AvgIpc) is 3.20. The summed E-state index contributed by atoms with van der Waals surface area (Å²) in [4.78, 5) is 12.9. The summed E-state index contributed by atoms with van der Waals surface area (Å²) >= 11 is 0. The average molecular weight is 796 g/mol. The minimum absolute atomic E-state index is 0.187. The highest BCUT2D eigenvalue weighted by atomic mass is 16.7. The minimum Gasteiger partial charge on any atom is -0.394 e. The molecule has 0 saturated carbocycles. The van der Waals surface area contributed by atoms with Crippen LogP contribution in [0.4, 0.5) is 0 Å². The Hall–Kier alpha value is -1.33. The number of hydrogen-bond acceptors (Lipinski definition) is 8. The number of carbonyl (C=O) groups is 1. The number of ether oxygens (including phenoxy) is 2. The molecule has 6 N–H and O–H groups in total. The van der Waals surface area contributed by atoms with Gasteiger partial charge < -0.3 is 40.3 Å². The normalized spacial score (nSPS) is 21.3.